The minimum Gasteiger partial charge on any atom is -0.438 e. The van der Waals surface area contributed by atoms with E-state index in [-0.39, 0.29) is 6.04 Å². The summed E-state index contributed by atoms with van der Waals surface area (Å²) in [7, 11) is 0. The van der Waals surface area contributed by atoms with Gasteiger partial charge in [-0.1, -0.05) is 32.0 Å². The van der Waals surface area contributed by atoms with Gasteiger partial charge in [0.25, 0.3) is 0 Å². The number of ether oxygens (including phenoxy) is 1. The molecule has 0 fully saturated rings. The molecule has 2 N–H and O–H groups in total. The van der Waals surface area contributed by atoms with E-state index >= 15 is 0 Å². The second-order valence-electron chi connectivity index (χ2n) is 5.47. The summed E-state index contributed by atoms with van der Waals surface area (Å²) < 4.78 is 6.00. The third-order valence-electron chi connectivity index (χ3n) is 3.38. The van der Waals surface area contributed by atoms with Crippen LogP contribution in [0.1, 0.15) is 49.4 Å². The molecule has 2 aromatic rings. The molecule has 3 nitrogen and oxygen atoms in total. The molecule has 1 atom stereocenters. The highest BCUT2D eigenvalue weighted by Crippen LogP contribution is 2.30. The van der Waals surface area contributed by atoms with Crippen molar-refractivity contribution in [3.05, 3.63) is 53.2 Å². The smallest absolute Gasteiger partial charge is 0.223 e. The van der Waals surface area contributed by atoms with Gasteiger partial charge in [0.05, 0.1) is 0 Å². The predicted octanol–water partition coefficient (Wildman–Crippen LogP) is 4.33. The van der Waals surface area contributed by atoms with Crippen LogP contribution in [0.2, 0.25) is 0 Å². The Kier molecular flexibility index (Phi) is 4.40. The Labute approximate surface area is 120 Å². The van der Waals surface area contributed by atoms with Crippen molar-refractivity contribution in [3.63, 3.8) is 0 Å². The van der Waals surface area contributed by atoms with Crippen LogP contribution in [0.15, 0.2) is 36.5 Å². The zero-order valence-electron chi connectivity index (χ0n) is 12.6. The number of aromatic nitrogens is 1. The molecule has 0 bridgehead atoms. The lowest BCUT2D eigenvalue weighted by Crippen LogP contribution is -2.07. The molecule has 1 unspecified atom stereocenters. The van der Waals surface area contributed by atoms with Gasteiger partial charge in [0.1, 0.15) is 5.75 Å². The molecule has 1 aromatic carbocycles. The van der Waals surface area contributed by atoms with Crippen molar-refractivity contribution in [2.45, 2.75) is 39.7 Å². The standard InChI is InChI=1S/C17H22N2O/c1-11(2)14-8-7-12(3)16(10-14)20-17-15(13(4)18)6-5-9-19-17/h5-11,13H,18H2,1-4H3. The Bertz CT molecular complexity index is 591. The lowest BCUT2D eigenvalue weighted by Gasteiger charge is -2.15. The van der Waals surface area contributed by atoms with Crippen molar-refractivity contribution in [1.82, 2.24) is 4.98 Å². The van der Waals surface area contributed by atoms with Gasteiger partial charge in [-0.2, -0.15) is 0 Å². The van der Waals surface area contributed by atoms with Crippen LogP contribution in [0.25, 0.3) is 0 Å². The number of hydrogen-bond acceptors (Lipinski definition) is 3. The van der Waals surface area contributed by atoms with Crippen LogP contribution in [-0.2, 0) is 0 Å². The van der Waals surface area contributed by atoms with Crippen LogP contribution in [0.5, 0.6) is 11.6 Å². The normalized spacial score (nSPS) is 12.5. The van der Waals surface area contributed by atoms with Crippen LogP contribution >= 0.6 is 0 Å². The molecule has 0 radical (unpaired) electrons. The number of nitrogens with zero attached hydrogens (tertiary/aromatic N) is 1. The molecule has 0 spiro atoms. The van der Waals surface area contributed by atoms with Gasteiger partial charge in [0.2, 0.25) is 5.88 Å². The SMILES string of the molecule is Cc1ccc(C(C)C)cc1Oc1ncccc1C(C)N. The number of benzene rings is 1. The first-order valence-corrected chi connectivity index (χ1v) is 6.98. The Balaban J connectivity index is 2.37. The highest BCUT2D eigenvalue weighted by molar-refractivity contribution is 5.41. The minimum atomic E-state index is -0.104. The summed E-state index contributed by atoms with van der Waals surface area (Å²) in [4.78, 5) is 4.31. The van der Waals surface area contributed by atoms with Gasteiger partial charge in [-0.3, -0.25) is 0 Å². The van der Waals surface area contributed by atoms with E-state index in [1.54, 1.807) is 6.20 Å². The van der Waals surface area contributed by atoms with Gasteiger partial charge in [-0.05, 0) is 43.0 Å². The third kappa shape index (κ3) is 3.17. The molecule has 1 aromatic heterocycles. The summed E-state index contributed by atoms with van der Waals surface area (Å²) in [5, 5.41) is 0. The number of nitrogens with two attached hydrogens (primary N) is 1. The summed E-state index contributed by atoms with van der Waals surface area (Å²) in [6.07, 6.45) is 1.73. The van der Waals surface area contributed by atoms with Gasteiger partial charge in [0.15, 0.2) is 0 Å². The van der Waals surface area contributed by atoms with E-state index in [4.69, 9.17) is 10.5 Å². The van der Waals surface area contributed by atoms with Crippen molar-refractivity contribution in [2.24, 2.45) is 5.73 Å². The second-order valence-corrected chi connectivity index (χ2v) is 5.47. The highest BCUT2D eigenvalue weighted by Gasteiger charge is 2.12. The van der Waals surface area contributed by atoms with E-state index in [0.717, 1.165) is 16.9 Å². The van der Waals surface area contributed by atoms with Crippen LogP contribution in [0.3, 0.4) is 0 Å². The van der Waals surface area contributed by atoms with Gasteiger partial charge in [-0.15, -0.1) is 0 Å². The predicted molar refractivity (Wildman–Crippen MR) is 82.2 cm³/mol. The maximum atomic E-state index is 6.00. The fraction of sp³-hybridized carbons (Fsp3) is 0.353. The maximum absolute atomic E-state index is 6.00. The van der Waals surface area contributed by atoms with Gasteiger partial charge >= 0.3 is 0 Å². The molecule has 0 amide bonds. The van der Waals surface area contributed by atoms with Gasteiger partial charge < -0.3 is 10.5 Å². The van der Waals surface area contributed by atoms with E-state index in [0.29, 0.717) is 11.8 Å². The Morgan fingerprint density at radius 1 is 1.15 bits per heavy atom. The summed E-state index contributed by atoms with van der Waals surface area (Å²) in [5.41, 5.74) is 9.23. The average molecular weight is 270 g/mol. The van der Waals surface area contributed by atoms with E-state index in [9.17, 15) is 0 Å². The van der Waals surface area contributed by atoms with Crippen LogP contribution in [0.4, 0.5) is 0 Å². The monoisotopic (exact) mass is 270 g/mol. The minimum absolute atomic E-state index is 0.104. The van der Waals surface area contributed by atoms with Crippen molar-refractivity contribution in [1.29, 1.82) is 0 Å². The van der Waals surface area contributed by atoms with Gasteiger partial charge in [0, 0.05) is 17.8 Å². The molecule has 0 aliphatic rings. The van der Waals surface area contributed by atoms with Crippen molar-refractivity contribution in [2.75, 3.05) is 0 Å². The second kappa shape index (κ2) is 6.06. The first kappa shape index (κ1) is 14.5. The summed E-state index contributed by atoms with van der Waals surface area (Å²) in [6.45, 7) is 8.31. The van der Waals surface area contributed by atoms with Crippen molar-refractivity contribution in [3.8, 4) is 11.6 Å². The fourth-order valence-corrected chi connectivity index (χ4v) is 2.02. The van der Waals surface area contributed by atoms with E-state index in [1.165, 1.54) is 5.56 Å². The number of rotatable bonds is 4. The Hall–Kier alpha value is -1.87. The molecule has 0 aliphatic carbocycles. The molecular weight excluding hydrogens is 248 g/mol. The maximum Gasteiger partial charge on any atom is 0.223 e. The lowest BCUT2D eigenvalue weighted by molar-refractivity contribution is 0.448. The Morgan fingerprint density at radius 2 is 1.90 bits per heavy atom. The van der Waals surface area contributed by atoms with E-state index in [1.807, 2.05) is 26.0 Å². The quantitative estimate of drug-likeness (QED) is 0.899. The molecule has 106 valence electrons. The largest absolute Gasteiger partial charge is 0.438 e. The van der Waals surface area contributed by atoms with Crippen molar-refractivity contribution < 1.29 is 4.74 Å². The number of aryl methyl sites for hydroxylation is 1. The first-order valence-electron chi connectivity index (χ1n) is 6.98. The third-order valence-corrected chi connectivity index (χ3v) is 3.38. The van der Waals surface area contributed by atoms with Gasteiger partial charge in [-0.25, -0.2) is 4.98 Å². The molecule has 1 heterocycles. The molecule has 2 rings (SSSR count). The molecular formula is C17H22N2O. The molecule has 0 saturated carbocycles. The molecule has 0 aliphatic heterocycles. The molecule has 3 heteroatoms. The first-order chi connectivity index (χ1) is 9.49. The lowest BCUT2D eigenvalue weighted by atomic mass is 10.0. The topological polar surface area (TPSA) is 48.1 Å². The zero-order chi connectivity index (χ0) is 14.7. The summed E-state index contributed by atoms with van der Waals surface area (Å²) >= 11 is 0. The highest BCUT2D eigenvalue weighted by atomic mass is 16.5. The summed E-state index contributed by atoms with van der Waals surface area (Å²) in [5.74, 6) is 1.90. The molecule has 0 saturated heterocycles. The fourth-order valence-electron chi connectivity index (χ4n) is 2.02. The molecule has 20 heavy (non-hydrogen) atoms. The van der Waals surface area contributed by atoms with Crippen LogP contribution in [-0.4, -0.2) is 4.98 Å². The van der Waals surface area contributed by atoms with Crippen molar-refractivity contribution >= 4 is 0 Å². The van der Waals surface area contributed by atoms with E-state index in [2.05, 4.69) is 37.0 Å². The summed E-state index contributed by atoms with van der Waals surface area (Å²) in [6, 6.07) is 10.0. The van der Waals surface area contributed by atoms with Crippen LogP contribution in [0, 0.1) is 6.92 Å². The van der Waals surface area contributed by atoms with Crippen LogP contribution < -0.4 is 10.5 Å². The Morgan fingerprint density at radius 3 is 2.55 bits per heavy atom. The number of pyridine rings is 1. The number of hydrogen-bond donors (Lipinski definition) is 1. The average Bonchev–Trinajstić information content (AvgIpc) is 2.41. The zero-order valence-corrected chi connectivity index (χ0v) is 12.6. The van der Waals surface area contributed by atoms with E-state index < -0.39 is 0 Å².